The van der Waals surface area contributed by atoms with Crippen molar-refractivity contribution < 1.29 is 0 Å². The Morgan fingerprint density at radius 1 is 1.20 bits per heavy atom. The van der Waals surface area contributed by atoms with Crippen LogP contribution in [0.3, 0.4) is 0 Å². The minimum atomic E-state index is -0.144. The zero-order chi connectivity index (χ0) is 15.0. The first-order valence-electron chi connectivity index (χ1n) is 5.78. The highest BCUT2D eigenvalue weighted by Gasteiger charge is 2.26. The Morgan fingerprint density at radius 2 is 1.85 bits per heavy atom. The lowest BCUT2D eigenvalue weighted by molar-refractivity contribution is 0.808. The predicted octanol–water partition coefficient (Wildman–Crippen LogP) is 5.44. The van der Waals surface area contributed by atoms with Gasteiger partial charge in [0.1, 0.15) is 0 Å². The number of thiazole rings is 1. The van der Waals surface area contributed by atoms with E-state index in [9.17, 15) is 0 Å². The standard InChI is InChI=1S/C11H15N3S6/c1-10(2,16)6-5-12-8(17-6)19-11(3,4)20-9-14-13-7(15)18-9/h5,16H,1-4H3,(H,13,15). The highest BCUT2D eigenvalue weighted by molar-refractivity contribution is 8.19. The molecule has 1 N–H and O–H groups in total. The molecule has 0 radical (unpaired) electrons. The van der Waals surface area contributed by atoms with E-state index in [1.54, 1.807) is 34.9 Å². The zero-order valence-electron chi connectivity index (χ0n) is 11.5. The van der Waals surface area contributed by atoms with E-state index in [1.165, 1.54) is 16.2 Å². The largest absolute Gasteiger partial charge is 0.257 e. The van der Waals surface area contributed by atoms with Crippen molar-refractivity contribution in [2.24, 2.45) is 0 Å². The lowest BCUT2D eigenvalue weighted by Gasteiger charge is -2.20. The molecule has 0 aliphatic heterocycles. The van der Waals surface area contributed by atoms with Crippen molar-refractivity contribution in [2.45, 2.75) is 45.2 Å². The first-order valence-corrected chi connectivity index (χ1v) is 9.90. The van der Waals surface area contributed by atoms with Crippen LogP contribution in [0.2, 0.25) is 0 Å². The second-order valence-corrected chi connectivity index (χ2v) is 12.8. The Bertz CT molecular complexity index is 633. The first-order chi connectivity index (χ1) is 9.16. The molecule has 9 heteroatoms. The van der Waals surface area contributed by atoms with E-state index in [-0.39, 0.29) is 8.83 Å². The second-order valence-electron chi connectivity index (χ2n) is 5.03. The molecule has 0 saturated heterocycles. The molecule has 0 amide bonds. The second kappa shape index (κ2) is 6.29. The third-order valence-electron chi connectivity index (χ3n) is 2.17. The van der Waals surface area contributed by atoms with Crippen LogP contribution >= 0.6 is 71.0 Å². The van der Waals surface area contributed by atoms with Gasteiger partial charge in [-0.2, -0.15) is 17.7 Å². The summed E-state index contributed by atoms with van der Waals surface area (Å²) < 4.78 is 2.53. The smallest absolute Gasteiger partial charge is 0.177 e. The molecule has 3 nitrogen and oxygen atoms in total. The van der Waals surface area contributed by atoms with E-state index in [0.29, 0.717) is 3.95 Å². The molecule has 2 rings (SSSR count). The van der Waals surface area contributed by atoms with Gasteiger partial charge in [-0.3, -0.25) is 5.10 Å². The fraction of sp³-hybridized carbons (Fsp3) is 0.545. The molecule has 0 spiro atoms. The molecule has 0 fully saturated rings. The van der Waals surface area contributed by atoms with Gasteiger partial charge in [-0.05, 0) is 39.9 Å². The Labute approximate surface area is 145 Å². The minimum Gasteiger partial charge on any atom is -0.257 e. The molecule has 2 aromatic rings. The van der Waals surface area contributed by atoms with E-state index < -0.39 is 0 Å². The van der Waals surface area contributed by atoms with Gasteiger partial charge in [-0.25, -0.2) is 4.98 Å². The third kappa shape index (κ3) is 4.74. The Kier molecular flexibility index (Phi) is 5.29. The van der Waals surface area contributed by atoms with Gasteiger partial charge >= 0.3 is 0 Å². The van der Waals surface area contributed by atoms with Crippen LogP contribution in [0.4, 0.5) is 0 Å². The average molecular weight is 382 g/mol. The molecule has 0 aliphatic rings. The van der Waals surface area contributed by atoms with Crippen molar-refractivity contribution in [3.05, 3.63) is 15.0 Å². The summed E-state index contributed by atoms with van der Waals surface area (Å²) in [4.78, 5) is 5.67. The lowest BCUT2D eigenvalue weighted by Crippen LogP contribution is -2.07. The number of thioether (sulfide) groups is 2. The van der Waals surface area contributed by atoms with E-state index >= 15 is 0 Å². The van der Waals surface area contributed by atoms with E-state index in [1.807, 2.05) is 6.20 Å². The quantitative estimate of drug-likeness (QED) is 0.312. The van der Waals surface area contributed by atoms with Crippen molar-refractivity contribution in [1.29, 1.82) is 0 Å². The summed E-state index contributed by atoms with van der Waals surface area (Å²) in [5.41, 5.74) is 0. The number of aromatic nitrogens is 3. The molecular weight excluding hydrogens is 367 g/mol. The van der Waals surface area contributed by atoms with E-state index in [2.05, 4.69) is 55.5 Å². The summed E-state index contributed by atoms with van der Waals surface area (Å²) in [5.74, 6) is 0. The van der Waals surface area contributed by atoms with Gasteiger partial charge in [0.2, 0.25) is 0 Å². The van der Waals surface area contributed by atoms with Gasteiger partial charge in [0.15, 0.2) is 12.6 Å². The van der Waals surface area contributed by atoms with Crippen LogP contribution in [0.1, 0.15) is 32.6 Å². The first kappa shape index (κ1) is 16.8. The van der Waals surface area contributed by atoms with Crippen LogP contribution in [-0.2, 0) is 4.75 Å². The van der Waals surface area contributed by atoms with Crippen LogP contribution in [-0.4, -0.2) is 19.3 Å². The zero-order valence-corrected chi connectivity index (χ0v) is 16.4. The molecule has 20 heavy (non-hydrogen) atoms. The van der Waals surface area contributed by atoms with Crippen LogP contribution < -0.4 is 0 Å². The van der Waals surface area contributed by atoms with Gasteiger partial charge in [0, 0.05) is 15.8 Å². The van der Waals surface area contributed by atoms with E-state index in [4.69, 9.17) is 12.2 Å². The average Bonchev–Trinajstić information content (AvgIpc) is 2.86. The van der Waals surface area contributed by atoms with Crippen molar-refractivity contribution in [2.75, 3.05) is 0 Å². The molecule has 0 aromatic carbocycles. The molecule has 0 aliphatic carbocycles. The van der Waals surface area contributed by atoms with Crippen molar-refractivity contribution in [3.8, 4) is 0 Å². The van der Waals surface area contributed by atoms with Crippen molar-refractivity contribution in [1.82, 2.24) is 15.2 Å². The molecule has 2 aromatic heterocycles. The summed E-state index contributed by atoms with van der Waals surface area (Å²) in [6.45, 7) is 8.49. The number of nitrogens with one attached hydrogen (secondary N) is 1. The van der Waals surface area contributed by atoms with E-state index in [0.717, 1.165) is 8.68 Å². The SMILES string of the molecule is CC(C)(Sc1ncc(C(C)(C)S)s1)Sc1n[nH]c(=S)s1. The van der Waals surface area contributed by atoms with Gasteiger partial charge in [0.05, 0.1) is 4.08 Å². The molecule has 0 unspecified atom stereocenters. The van der Waals surface area contributed by atoms with Gasteiger partial charge in [0.25, 0.3) is 0 Å². The maximum atomic E-state index is 5.06. The van der Waals surface area contributed by atoms with Crippen LogP contribution in [0.5, 0.6) is 0 Å². The van der Waals surface area contributed by atoms with Crippen molar-refractivity contribution in [3.63, 3.8) is 0 Å². The molecule has 110 valence electrons. The number of thiol groups is 1. The Hall–Kier alpha value is 0.460. The number of hydrogen-bond donors (Lipinski definition) is 2. The van der Waals surface area contributed by atoms with Crippen LogP contribution in [0.15, 0.2) is 14.9 Å². The van der Waals surface area contributed by atoms with Crippen molar-refractivity contribution >= 4 is 71.0 Å². The Morgan fingerprint density at radius 3 is 2.35 bits per heavy atom. The fourth-order valence-corrected chi connectivity index (χ4v) is 7.01. The lowest BCUT2D eigenvalue weighted by atomic mass is 10.2. The third-order valence-corrected chi connectivity index (χ3v) is 7.59. The number of hydrogen-bond acceptors (Lipinski definition) is 8. The van der Waals surface area contributed by atoms with Crippen LogP contribution in [0.25, 0.3) is 0 Å². The molecular formula is C11H15N3S6. The summed E-state index contributed by atoms with van der Waals surface area (Å²) in [5, 5.41) is 7.01. The summed E-state index contributed by atoms with van der Waals surface area (Å²) in [6, 6.07) is 0. The fourth-order valence-electron chi connectivity index (χ4n) is 1.29. The summed E-state index contributed by atoms with van der Waals surface area (Å²) >= 11 is 16.3. The molecule has 0 saturated carbocycles. The highest BCUT2D eigenvalue weighted by Crippen LogP contribution is 2.47. The number of rotatable bonds is 5. The highest BCUT2D eigenvalue weighted by atomic mass is 32.2. The number of aromatic amines is 1. The minimum absolute atomic E-state index is 0.0523. The maximum Gasteiger partial charge on any atom is 0.177 e. The topological polar surface area (TPSA) is 41.6 Å². The number of H-pyrrole nitrogens is 1. The summed E-state index contributed by atoms with van der Waals surface area (Å²) in [7, 11) is 0. The predicted molar refractivity (Wildman–Crippen MR) is 97.2 cm³/mol. The molecule has 2 heterocycles. The van der Waals surface area contributed by atoms with Gasteiger partial charge in [-0.15, -0.1) is 11.3 Å². The molecule has 0 bridgehead atoms. The van der Waals surface area contributed by atoms with Gasteiger partial charge in [-0.1, -0.05) is 34.9 Å². The normalized spacial score (nSPS) is 12.8. The van der Waals surface area contributed by atoms with Gasteiger partial charge < -0.3 is 0 Å². The molecule has 0 atom stereocenters. The van der Waals surface area contributed by atoms with Crippen LogP contribution in [0, 0.1) is 3.95 Å². The summed E-state index contributed by atoms with van der Waals surface area (Å²) in [6.07, 6.45) is 1.92. The number of nitrogens with zero attached hydrogens (tertiary/aromatic N) is 2. The maximum absolute atomic E-state index is 5.06. The monoisotopic (exact) mass is 381 g/mol. The Balaban J connectivity index is 2.08.